The van der Waals surface area contributed by atoms with Gasteiger partial charge >= 0.3 is 0 Å². The highest BCUT2D eigenvalue weighted by Gasteiger charge is 2.36. The van der Waals surface area contributed by atoms with Gasteiger partial charge in [0.05, 0.1) is 5.02 Å². The molecule has 2 atom stereocenters. The Hall–Kier alpha value is -0.580. The van der Waals surface area contributed by atoms with Gasteiger partial charge in [-0.05, 0) is 36.8 Å². The molecule has 2 fully saturated rings. The number of piperidine rings is 1. The molecule has 1 saturated carbocycles. The molecule has 0 N–H and O–H groups in total. The minimum Gasteiger partial charge on any atom is -0.207 e. The van der Waals surface area contributed by atoms with E-state index in [1.807, 2.05) is 0 Å². The van der Waals surface area contributed by atoms with Gasteiger partial charge in [0.2, 0.25) is 10.0 Å². The van der Waals surface area contributed by atoms with E-state index >= 15 is 0 Å². The second kappa shape index (κ2) is 5.66. The van der Waals surface area contributed by atoms with Crippen LogP contribution in [0.5, 0.6) is 0 Å². The second-order valence-electron chi connectivity index (χ2n) is 5.89. The van der Waals surface area contributed by atoms with Crippen molar-refractivity contribution in [3.05, 3.63) is 29.3 Å². The zero-order valence-corrected chi connectivity index (χ0v) is 13.0. The molecule has 3 nitrogen and oxygen atoms in total. The summed E-state index contributed by atoms with van der Waals surface area (Å²) in [4.78, 5) is 0.246. The van der Waals surface area contributed by atoms with Crippen LogP contribution in [0.15, 0.2) is 29.2 Å². The third kappa shape index (κ3) is 2.61. The molecule has 2 unspecified atom stereocenters. The van der Waals surface area contributed by atoms with Crippen molar-refractivity contribution in [2.75, 3.05) is 13.1 Å². The van der Waals surface area contributed by atoms with Crippen molar-refractivity contribution in [3.63, 3.8) is 0 Å². The maximum atomic E-state index is 12.7. The summed E-state index contributed by atoms with van der Waals surface area (Å²) in [5.41, 5.74) is 0. The molecule has 1 aromatic rings. The molecule has 20 heavy (non-hydrogen) atoms. The van der Waals surface area contributed by atoms with Gasteiger partial charge in [0.15, 0.2) is 0 Å². The summed E-state index contributed by atoms with van der Waals surface area (Å²) in [6.07, 6.45) is 5.97. The number of rotatable bonds is 2. The lowest BCUT2D eigenvalue weighted by Crippen LogP contribution is -2.44. The molecule has 3 rings (SSSR count). The molecule has 5 heteroatoms. The Morgan fingerprint density at radius 2 is 1.75 bits per heavy atom. The second-order valence-corrected chi connectivity index (χ2v) is 8.20. The Bertz CT molecular complexity index is 587. The Balaban J connectivity index is 1.84. The fourth-order valence-electron chi connectivity index (χ4n) is 3.58. The summed E-state index contributed by atoms with van der Waals surface area (Å²) >= 11 is 6.06. The van der Waals surface area contributed by atoms with E-state index in [1.54, 1.807) is 28.6 Å². The third-order valence-corrected chi connectivity index (χ3v) is 7.07. The van der Waals surface area contributed by atoms with Crippen molar-refractivity contribution in [1.29, 1.82) is 0 Å². The van der Waals surface area contributed by atoms with Gasteiger partial charge in [0, 0.05) is 13.1 Å². The van der Waals surface area contributed by atoms with Crippen LogP contribution < -0.4 is 0 Å². The van der Waals surface area contributed by atoms with Gasteiger partial charge in [-0.1, -0.05) is 43.0 Å². The van der Waals surface area contributed by atoms with Crippen LogP contribution in [0.2, 0.25) is 5.02 Å². The zero-order chi connectivity index (χ0) is 14.2. The van der Waals surface area contributed by atoms with Crippen molar-refractivity contribution in [2.45, 2.75) is 37.0 Å². The lowest BCUT2D eigenvalue weighted by molar-refractivity contribution is 0.136. The molecule has 1 saturated heterocycles. The van der Waals surface area contributed by atoms with Crippen molar-refractivity contribution in [2.24, 2.45) is 11.8 Å². The fraction of sp³-hybridized carbons (Fsp3) is 0.600. The first-order valence-electron chi connectivity index (χ1n) is 7.34. The molecule has 1 aliphatic heterocycles. The smallest absolute Gasteiger partial charge is 0.207 e. The molecule has 0 bridgehead atoms. The highest BCUT2D eigenvalue weighted by Crippen LogP contribution is 2.38. The lowest BCUT2D eigenvalue weighted by Gasteiger charge is -2.40. The molecule has 1 aliphatic carbocycles. The number of hydrogen-bond acceptors (Lipinski definition) is 2. The van der Waals surface area contributed by atoms with Gasteiger partial charge in [-0.25, -0.2) is 8.42 Å². The Morgan fingerprint density at radius 1 is 1.05 bits per heavy atom. The van der Waals surface area contributed by atoms with Crippen LogP contribution in [-0.2, 0) is 10.0 Å². The summed E-state index contributed by atoms with van der Waals surface area (Å²) in [5, 5.41) is 0.318. The number of nitrogens with zero attached hydrogens (tertiary/aromatic N) is 1. The van der Waals surface area contributed by atoms with Crippen LogP contribution in [0, 0.1) is 11.8 Å². The average molecular weight is 314 g/mol. The quantitative estimate of drug-likeness (QED) is 0.837. The summed E-state index contributed by atoms with van der Waals surface area (Å²) in [6.45, 7) is 1.30. The first kappa shape index (κ1) is 14.4. The Labute approximate surface area is 126 Å². The molecule has 0 aromatic heterocycles. The monoisotopic (exact) mass is 313 g/mol. The van der Waals surface area contributed by atoms with E-state index in [0.29, 0.717) is 24.0 Å². The van der Waals surface area contributed by atoms with Gasteiger partial charge in [-0.15, -0.1) is 0 Å². The van der Waals surface area contributed by atoms with Gasteiger partial charge < -0.3 is 0 Å². The van der Waals surface area contributed by atoms with E-state index in [-0.39, 0.29) is 4.90 Å². The van der Waals surface area contributed by atoms with E-state index in [4.69, 9.17) is 11.6 Å². The standard InChI is InChI=1S/C15H20ClNO2S/c16-14-7-3-4-8-15(14)20(18,19)17-10-9-12-5-1-2-6-13(12)11-17/h3-4,7-8,12-13H,1-2,5-6,9-11H2. The summed E-state index contributed by atoms with van der Waals surface area (Å²) in [5.74, 6) is 1.26. The van der Waals surface area contributed by atoms with E-state index in [9.17, 15) is 8.42 Å². The maximum Gasteiger partial charge on any atom is 0.244 e. The van der Waals surface area contributed by atoms with Crippen LogP contribution in [0.1, 0.15) is 32.1 Å². The minimum atomic E-state index is -3.44. The maximum absolute atomic E-state index is 12.7. The Kier molecular flexibility index (Phi) is 4.07. The van der Waals surface area contributed by atoms with Crippen molar-refractivity contribution in [1.82, 2.24) is 4.31 Å². The first-order chi connectivity index (χ1) is 9.59. The molecular weight excluding hydrogens is 294 g/mol. The number of halogens is 1. The number of sulfonamides is 1. The molecule has 0 radical (unpaired) electrons. The predicted molar refractivity (Wildman–Crippen MR) is 80.3 cm³/mol. The predicted octanol–water partition coefficient (Wildman–Crippen LogP) is 3.54. The number of benzene rings is 1. The minimum absolute atomic E-state index is 0.246. The normalized spacial score (nSPS) is 28.1. The Morgan fingerprint density at radius 3 is 2.50 bits per heavy atom. The first-order valence-corrected chi connectivity index (χ1v) is 9.15. The van der Waals surface area contributed by atoms with E-state index in [2.05, 4.69) is 0 Å². The molecule has 1 aromatic carbocycles. The van der Waals surface area contributed by atoms with Crippen molar-refractivity contribution in [3.8, 4) is 0 Å². The fourth-order valence-corrected chi connectivity index (χ4v) is 5.58. The van der Waals surface area contributed by atoms with E-state index in [1.165, 1.54) is 25.7 Å². The zero-order valence-electron chi connectivity index (χ0n) is 11.5. The van der Waals surface area contributed by atoms with E-state index in [0.717, 1.165) is 12.3 Å². The van der Waals surface area contributed by atoms with Gasteiger partial charge in [0.25, 0.3) is 0 Å². The van der Waals surface area contributed by atoms with Crippen LogP contribution in [0.3, 0.4) is 0 Å². The van der Waals surface area contributed by atoms with Crippen LogP contribution in [0.25, 0.3) is 0 Å². The highest BCUT2D eigenvalue weighted by atomic mass is 35.5. The van der Waals surface area contributed by atoms with Gasteiger partial charge in [-0.3, -0.25) is 0 Å². The summed E-state index contributed by atoms with van der Waals surface area (Å²) in [7, 11) is -3.44. The third-order valence-electron chi connectivity index (χ3n) is 4.71. The highest BCUT2D eigenvalue weighted by molar-refractivity contribution is 7.89. The molecule has 0 spiro atoms. The lowest BCUT2D eigenvalue weighted by atomic mass is 9.76. The van der Waals surface area contributed by atoms with Crippen LogP contribution in [-0.4, -0.2) is 25.8 Å². The average Bonchev–Trinajstić information content (AvgIpc) is 2.47. The number of fused-ring (bicyclic) bond motifs is 1. The molecule has 0 amide bonds. The molecule has 110 valence electrons. The van der Waals surface area contributed by atoms with Crippen molar-refractivity contribution >= 4 is 21.6 Å². The molecule has 2 aliphatic rings. The molecule has 1 heterocycles. The summed E-state index contributed by atoms with van der Waals surface area (Å²) in [6, 6.07) is 6.73. The topological polar surface area (TPSA) is 37.4 Å². The van der Waals surface area contributed by atoms with Gasteiger partial charge in [0.1, 0.15) is 4.90 Å². The van der Waals surface area contributed by atoms with Gasteiger partial charge in [-0.2, -0.15) is 4.31 Å². The number of hydrogen-bond donors (Lipinski definition) is 0. The SMILES string of the molecule is O=S(=O)(c1ccccc1Cl)N1CCC2CCCCC2C1. The van der Waals surface area contributed by atoms with E-state index < -0.39 is 10.0 Å². The van der Waals surface area contributed by atoms with Crippen molar-refractivity contribution < 1.29 is 8.42 Å². The summed E-state index contributed by atoms with van der Waals surface area (Å²) < 4.78 is 27.1. The van der Waals surface area contributed by atoms with Crippen LogP contribution >= 0.6 is 11.6 Å². The van der Waals surface area contributed by atoms with Crippen LogP contribution in [0.4, 0.5) is 0 Å². The molecular formula is C15H20ClNO2S. The largest absolute Gasteiger partial charge is 0.244 e.